The SMILES string of the molecule is CC1(O)CCN(c2cccc(C(=N)N)n2)C1. The van der Waals surface area contributed by atoms with E-state index in [0.29, 0.717) is 12.2 Å². The van der Waals surface area contributed by atoms with Gasteiger partial charge >= 0.3 is 0 Å². The molecular formula is C11H16N4O. The van der Waals surface area contributed by atoms with E-state index in [4.69, 9.17) is 11.1 Å². The maximum absolute atomic E-state index is 9.87. The predicted octanol–water partition coefficient (Wildman–Crippen LogP) is 0.327. The van der Waals surface area contributed by atoms with Crippen LogP contribution in [0.2, 0.25) is 0 Å². The molecule has 1 fully saturated rings. The number of nitrogens with zero attached hydrogens (tertiary/aromatic N) is 2. The summed E-state index contributed by atoms with van der Waals surface area (Å²) in [6.07, 6.45) is 0.735. The zero-order valence-corrected chi connectivity index (χ0v) is 9.27. The molecule has 1 atom stereocenters. The number of anilines is 1. The Morgan fingerprint density at radius 3 is 2.94 bits per heavy atom. The van der Waals surface area contributed by atoms with Crippen LogP contribution in [-0.2, 0) is 0 Å². The van der Waals surface area contributed by atoms with Crippen LogP contribution in [0.1, 0.15) is 19.0 Å². The molecule has 1 saturated heterocycles. The number of nitrogens with two attached hydrogens (primary N) is 1. The first kappa shape index (κ1) is 10.9. The van der Waals surface area contributed by atoms with Gasteiger partial charge in [0.15, 0.2) is 0 Å². The molecule has 0 spiro atoms. The first-order valence-electron chi connectivity index (χ1n) is 5.27. The van der Waals surface area contributed by atoms with Gasteiger partial charge in [0.2, 0.25) is 0 Å². The number of aliphatic hydroxyl groups is 1. The number of rotatable bonds is 2. The number of β-amino-alcohol motifs (C(OH)–C–C–N with tert-alkyl or cyclic N) is 1. The average molecular weight is 220 g/mol. The van der Waals surface area contributed by atoms with Gasteiger partial charge in [-0.25, -0.2) is 4.98 Å². The molecule has 16 heavy (non-hydrogen) atoms. The summed E-state index contributed by atoms with van der Waals surface area (Å²) in [5, 5.41) is 17.2. The fourth-order valence-electron chi connectivity index (χ4n) is 1.89. The molecule has 4 N–H and O–H groups in total. The first-order valence-corrected chi connectivity index (χ1v) is 5.27. The summed E-state index contributed by atoms with van der Waals surface area (Å²) < 4.78 is 0. The predicted molar refractivity (Wildman–Crippen MR) is 62.7 cm³/mol. The van der Waals surface area contributed by atoms with Crippen molar-refractivity contribution in [2.24, 2.45) is 5.73 Å². The lowest BCUT2D eigenvalue weighted by Crippen LogP contribution is -2.30. The van der Waals surface area contributed by atoms with Crippen molar-refractivity contribution in [1.29, 1.82) is 5.41 Å². The number of pyridine rings is 1. The summed E-state index contributed by atoms with van der Waals surface area (Å²) in [5.74, 6) is 0.735. The van der Waals surface area contributed by atoms with Gasteiger partial charge in [0.05, 0.1) is 5.60 Å². The topological polar surface area (TPSA) is 86.2 Å². The van der Waals surface area contributed by atoms with Crippen molar-refractivity contribution in [3.05, 3.63) is 23.9 Å². The van der Waals surface area contributed by atoms with Gasteiger partial charge in [-0.05, 0) is 25.5 Å². The van der Waals surface area contributed by atoms with E-state index >= 15 is 0 Å². The Kier molecular flexibility index (Phi) is 2.55. The lowest BCUT2D eigenvalue weighted by Gasteiger charge is -2.20. The molecule has 0 bridgehead atoms. The van der Waals surface area contributed by atoms with Crippen molar-refractivity contribution in [3.63, 3.8) is 0 Å². The maximum atomic E-state index is 9.87. The van der Waals surface area contributed by atoms with Crippen LogP contribution in [0.5, 0.6) is 0 Å². The van der Waals surface area contributed by atoms with E-state index in [-0.39, 0.29) is 5.84 Å². The van der Waals surface area contributed by atoms with E-state index in [2.05, 4.69) is 4.98 Å². The monoisotopic (exact) mass is 220 g/mol. The van der Waals surface area contributed by atoms with Gasteiger partial charge in [0.25, 0.3) is 0 Å². The maximum Gasteiger partial charge on any atom is 0.141 e. The standard InChI is InChI=1S/C11H16N4O/c1-11(16)5-6-15(7-11)9-4-2-3-8(14-9)10(12)13/h2-4,16H,5-7H2,1H3,(H3,12,13). The highest BCUT2D eigenvalue weighted by molar-refractivity contribution is 5.93. The molecule has 5 nitrogen and oxygen atoms in total. The molecule has 1 aliphatic rings. The highest BCUT2D eigenvalue weighted by atomic mass is 16.3. The Morgan fingerprint density at radius 2 is 2.38 bits per heavy atom. The summed E-state index contributed by atoms with van der Waals surface area (Å²) >= 11 is 0. The van der Waals surface area contributed by atoms with Crippen LogP contribution in [0.3, 0.4) is 0 Å². The molecule has 1 aromatic rings. The number of hydrogen-bond acceptors (Lipinski definition) is 4. The third kappa shape index (κ3) is 2.14. The van der Waals surface area contributed by atoms with Gasteiger partial charge < -0.3 is 15.7 Å². The second-order valence-corrected chi connectivity index (χ2v) is 4.46. The Hall–Kier alpha value is -1.62. The van der Waals surface area contributed by atoms with Crippen LogP contribution in [-0.4, -0.2) is 34.6 Å². The summed E-state index contributed by atoms with van der Waals surface area (Å²) in [6, 6.07) is 5.40. The normalized spacial score (nSPS) is 24.8. The molecule has 1 aromatic heterocycles. The van der Waals surface area contributed by atoms with Crippen LogP contribution < -0.4 is 10.6 Å². The molecule has 0 aromatic carbocycles. The number of amidine groups is 1. The van der Waals surface area contributed by atoms with Gasteiger partial charge in [-0.2, -0.15) is 0 Å². The fourth-order valence-corrected chi connectivity index (χ4v) is 1.89. The van der Waals surface area contributed by atoms with Crippen molar-refractivity contribution < 1.29 is 5.11 Å². The van der Waals surface area contributed by atoms with Crippen LogP contribution in [0.4, 0.5) is 5.82 Å². The molecule has 0 amide bonds. The molecule has 0 aliphatic carbocycles. The van der Waals surface area contributed by atoms with Crippen molar-refractivity contribution in [2.75, 3.05) is 18.0 Å². The lowest BCUT2D eigenvalue weighted by atomic mass is 10.1. The second kappa shape index (κ2) is 3.75. The molecular weight excluding hydrogens is 204 g/mol. The van der Waals surface area contributed by atoms with Crippen molar-refractivity contribution >= 4 is 11.7 Å². The van der Waals surface area contributed by atoms with Crippen molar-refractivity contribution in [1.82, 2.24) is 4.98 Å². The Balaban J connectivity index is 2.22. The van der Waals surface area contributed by atoms with Gasteiger partial charge in [-0.3, -0.25) is 5.41 Å². The highest BCUT2D eigenvalue weighted by Crippen LogP contribution is 2.24. The smallest absolute Gasteiger partial charge is 0.141 e. The van der Waals surface area contributed by atoms with Crippen molar-refractivity contribution in [3.8, 4) is 0 Å². The molecule has 1 aliphatic heterocycles. The van der Waals surface area contributed by atoms with E-state index in [1.165, 1.54) is 0 Å². The third-order valence-electron chi connectivity index (χ3n) is 2.79. The van der Waals surface area contributed by atoms with E-state index in [9.17, 15) is 5.11 Å². The highest BCUT2D eigenvalue weighted by Gasteiger charge is 2.31. The Labute approximate surface area is 94.4 Å². The minimum absolute atomic E-state index is 0.0344. The largest absolute Gasteiger partial charge is 0.388 e. The summed E-state index contributed by atoms with van der Waals surface area (Å²) in [4.78, 5) is 6.29. The molecule has 2 heterocycles. The summed E-state index contributed by atoms with van der Waals surface area (Å²) in [5.41, 5.74) is 5.22. The van der Waals surface area contributed by atoms with Gasteiger partial charge in [-0.1, -0.05) is 6.07 Å². The van der Waals surface area contributed by atoms with Gasteiger partial charge in [0, 0.05) is 13.1 Å². The Morgan fingerprint density at radius 1 is 1.62 bits per heavy atom. The first-order chi connectivity index (χ1) is 7.48. The molecule has 2 rings (SSSR count). The minimum atomic E-state index is -0.645. The van der Waals surface area contributed by atoms with E-state index in [1.54, 1.807) is 6.07 Å². The molecule has 1 unspecified atom stereocenters. The van der Waals surface area contributed by atoms with E-state index in [1.807, 2.05) is 24.0 Å². The summed E-state index contributed by atoms with van der Waals surface area (Å²) in [6.45, 7) is 3.17. The van der Waals surface area contributed by atoms with E-state index in [0.717, 1.165) is 18.8 Å². The Bertz CT molecular complexity index is 416. The lowest BCUT2D eigenvalue weighted by molar-refractivity contribution is 0.0839. The van der Waals surface area contributed by atoms with Crippen LogP contribution in [0.25, 0.3) is 0 Å². The zero-order valence-electron chi connectivity index (χ0n) is 9.27. The molecule has 5 heteroatoms. The number of nitrogens with one attached hydrogen (secondary N) is 1. The fraction of sp³-hybridized carbons (Fsp3) is 0.455. The molecule has 86 valence electrons. The second-order valence-electron chi connectivity index (χ2n) is 4.46. The van der Waals surface area contributed by atoms with Gasteiger partial charge in [-0.15, -0.1) is 0 Å². The van der Waals surface area contributed by atoms with Crippen LogP contribution in [0.15, 0.2) is 18.2 Å². The van der Waals surface area contributed by atoms with Crippen LogP contribution in [0, 0.1) is 5.41 Å². The quantitative estimate of drug-likeness (QED) is 0.495. The minimum Gasteiger partial charge on any atom is -0.388 e. The van der Waals surface area contributed by atoms with Gasteiger partial charge in [0.1, 0.15) is 17.3 Å². The zero-order chi connectivity index (χ0) is 11.8. The summed E-state index contributed by atoms with van der Waals surface area (Å²) in [7, 11) is 0. The number of nitrogen functional groups attached to an aromatic ring is 1. The average Bonchev–Trinajstić information content (AvgIpc) is 2.59. The molecule has 0 saturated carbocycles. The number of hydrogen-bond donors (Lipinski definition) is 3. The van der Waals surface area contributed by atoms with Crippen LogP contribution >= 0.6 is 0 Å². The number of aromatic nitrogens is 1. The third-order valence-corrected chi connectivity index (χ3v) is 2.79. The van der Waals surface area contributed by atoms with Crippen molar-refractivity contribution in [2.45, 2.75) is 18.9 Å². The van der Waals surface area contributed by atoms with E-state index < -0.39 is 5.60 Å². The molecule has 0 radical (unpaired) electrons.